The van der Waals surface area contributed by atoms with Crippen molar-refractivity contribution in [3.05, 3.63) is 82.0 Å². The second kappa shape index (κ2) is 3.91. The highest BCUT2D eigenvalue weighted by molar-refractivity contribution is 6.09. The lowest BCUT2D eigenvalue weighted by Gasteiger charge is -2.37. The van der Waals surface area contributed by atoms with Crippen molar-refractivity contribution in [2.24, 2.45) is 0 Å². The summed E-state index contributed by atoms with van der Waals surface area (Å²) in [5, 5.41) is 2.69. The maximum atomic E-state index is 13.4. The van der Waals surface area contributed by atoms with Gasteiger partial charge in [0, 0.05) is 0 Å². The van der Waals surface area contributed by atoms with Gasteiger partial charge in [-0.3, -0.25) is 4.79 Å². The Morgan fingerprint density at radius 1 is 0.913 bits per heavy atom. The van der Waals surface area contributed by atoms with Crippen LogP contribution in [-0.4, -0.2) is 5.78 Å². The summed E-state index contributed by atoms with van der Waals surface area (Å²) in [4.78, 5) is 13.4. The van der Waals surface area contributed by atoms with Crippen LogP contribution in [-0.2, 0) is 17.6 Å². The van der Waals surface area contributed by atoms with Crippen molar-refractivity contribution in [2.45, 2.75) is 31.1 Å². The van der Waals surface area contributed by atoms with Gasteiger partial charge in [-0.2, -0.15) is 0 Å². The number of ketones is 1. The number of rotatable bonds is 0. The van der Waals surface area contributed by atoms with Crippen LogP contribution in [0.5, 0.6) is 0 Å². The molecule has 0 aromatic heterocycles. The van der Waals surface area contributed by atoms with Gasteiger partial charge in [-0.15, -0.1) is 0 Å². The fourth-order valence-corrected chi connectivity index (χ4v) is 5.16. The zero-order valence-electron chi connectivity index (χ0n) is 12.8. The molecule has 0 saturated carbocycles. The molecule has 2 aromatic carbocycles. The molecule has 2 aromatic rings. The summed E-state index contributed by atoms with van der Waals surface area (Å²) in [5.74, 6) is 0.344. The summed E-state index contributed by atoms with van der Waals surface area (Å²) in [6, 6.07) is 8.97. The molecule has 0 saturated heterocycles. The highest BCUT2D eigenvalue weighted by Gasteiger charge is 2.43. The third kappa shape index (κ3) is 1.33. The number of hydrogen-bond acceptors (Lipinski definition) is 1. The maximum Gasteiger partial charge on any atom is 0.155 e. The van der Waals surface area contributed by atoms with Gasteiger partial charge >= 0.3 is 0 Å². The van der Waals surface area contributed by atoms with Crippen LogP contribution in [0, 0.1) is 0 Å². The van der Waals surface area contributed by atoms with E-state index in [1.54, 1.807) is 0 Å². The van der Waals surface area contributed by atoms with E-state index >= 15 is 0 Å². The number of carbonyl (C=O) groups excluding carboxylic acids is 1. The summed E-state index contributed by atoms with van der Waals surface area (Å²) in [7, 11) is 0. The van der Waals surface area contributed by atoms with E-state index in [4.69, 9.17) is 0 Å². The van der Waals surface area contributed by atoms with Gasteiger partial charge in [0.05, 0.1) is 11.8 Å². The second-order valence-corrected chi connectivity index (χ2v) is 7.15. The predicted octanol–water partition coefficient (Wildman–Crippen LogP) is 4.51. The largest absolute Gasteiger partial charge is 0.298 e. The smallest absolute Gasteiger partial charge is 0.155 e. The average molecular weight is 296 g/mol. The molecule has 2 atom stereocenters. The van der Waals surface area contributed by atoms with Crippen LogP contribution in [0.3, 0.4) is 0 Å². The molecule has 110 valence electrons. The Morgan fingerprint density at radius 2 is 1.78 bits per heavy atom. The summed E-state index contributed by atoms with van der Waals surface area (Å²) < 4.78 is 0. The Kier molecular flexibility index (Phi) is 2.05. The summed E-state index contributed by atoms with van der Waals surface area (Å²) in [6.07, 6.45) is 11.7. The zero-order valence-corrected chi connectivity index (χ0v) is 12.8. The van der Waals surface area contributed by atoms with Gasteiger partial charge in [-0.25, -0.2) is 0 Å². The Balaban J connectivity index is 1.80. The van der Waals surface area contributed by atoms with Gasteiger partial charge in [0.2, 0.25) is 0 Å². The second-order valence-electron chi connectivity index (χ2n) is 7.15. The summed E-state index contributed by atoms with van der Waals surface area (Å²) in [5.41, 5.74) is 8.09. The van der Waals surface area contributed by atoms with E-state index in [0.29, 0.717) is 5.78 Å². The number of carbonyl (C=O) groups is 1. The molecular weight excluding hydrogens is 280 g/mol. The monoisotopic (exact) mass is 296 g/mol. The van der Waals surface area contributed by atoms with Gasteiger partial charge in [-0.05, 0) is 63.4 Å². The van der Waals surface area contributed by atoms with Crippen molar-refractivity contribution >= 4 is 16.6 Å². The fourth-order valence-electron chi connectivity index (χ4n) is 5.16. The SMILES string of the molecule is O=C1C2C=CCc3ccc4ccc5c(c4c32)C1C1=C(C=CC1)C5. The molecule has 2 unspecified atom stereocenters. The highest BCUT2D eigenvalue weighted by atomic mass is 16.1. The third-order valence-corrected chi connectivity index (χ3v) is 6.10. The minimum atomic E-state index is -0.0392. The van der Waals surface area contributed by atoms with Crippen molar-refractivity contribution in [3.8, 4) is 0 Å². The van der Waals surface area contributed by atoms with Crippen LogP contribution >= 0.6 is 0 Å². The van der Waals surface area contributed by atoms with Gasteiger partial charge in [0.1, 0.15) is 0 Å². The number of benzene rings is 2. The molecule has 1 nitrogen and oxygen atoms in total. The fraction of sp³-hybridized carbons (Fsp3) is 0.227. The van der Waals surface area contributed by atoms with Crippen LogP contribution in [0.25, 0.3) is 10.8 Å². The number of hydrogen-bond donors (Lipinski definition) is 0. The Morgan fingerprint density at radius 3 is 2.70 bits per heavy atom. The standard InChI is InChI=1S/C22H16O/c23-22-17-6-1-3-12-7-8-13-9-10-15-11-14-4-2-5-16(14)21(22)20(15)19(13)18(12)17/h1-2,4,6-10,17,21H,3,5,11H2. The van der Waals surface area contributed by atoms with E-state index in [-0.39, 0.29) is 11.8 Å². The molecule has 0 fully saturated rings. The van der Waals surface area contributed by atoms with E-state index in [2.05, 4.69) is 48.6 Å². The van der Waals surface area contributed by atoms with Crippen LogP contribution in [0.4, 0.5) is 0 Å². The average Bonchev–Trinajstić information content (AvgIpc) is 3.05. The van der Waals surface area contributed by atoms with Gasteiger partial charge in [0.15, 0.2) is 5.78 Å². The highest BCUT2D eigenvalue weighted by Crippen LogP contribution is 2.52. The van der Waals surface area contributed by atoms with Crippen molar-refractivity contribution in [3.63, 3.8) is 0 Å². The normalized spacial score (nSPS) is 26.2. The molecule has 0 radical (unpaired) electrons. The Labute approximate surface area is 135 Å². The van der Waals surface area contributed by atoms with Crippen molar-refractivity contribution in [1.82, 2.24) is 0 Å². The van der Waals surface area contributed by atoms with Crippen molar-refractivity contribution < 1.29 is 4.79 Å². The number of fused-ring (bicyclic) bond motifs is 1. The molecule has 4 aliphatic carbocycles. The van der Waals surface area contributed by atoms with Gasteiger partial charge in [0.25, 0.3) is 0 Å². The molecule has 0 bridgehead atoms. The number of Topliss-reactive ketones (excluding diaryl/α,β-unsaturated/α-hetero) is 1. The Bertz CT molecular complexity index is 1020. The molecule has 0 amide bonds. The predicted molar refractivity (Wildman–Crippen MR) is 91.8 cm³/mol. The van der Waals surface area contributed by atoms with Gasteiger partial charge < -0.3 is 0 Å². The quantitative estimate of drug-likeness (QED) is 0.653. The third-order valence-electron chi connectivity index (χ3n) is 6.10. The van der Waals surface area contributed by atoms with E-state index in [1.165, 1.54) is 44.2 Å². The molecule has 4 aliphatic rings. The summed E-state index contributed by atoms with van der Waals surface area (Å²) in [6.45, 7) is 0. The summed E-state index contributed by atoms with van der Waals surface area (Å²) >= 11 is 0. The molecule has 0 spiro atoms. The van der Waals surface area contributed by atoms with Crippen LogP contribution in [0.15, 0.2) is 59.7 Å². The van der Waals surface area contributed by atoms with E-state index in [9.17, 15) is 4.79 Å². The molecule has 0 aliphatic heterocycles. The molecule has 0 N–H and O–H groups in total. The molecule has 0 heterocycles. The van der Waals surface area contributed by atoms with Crippen molar-refractivity contribution in [1.29, 1.82) is 0 Å². The lowest BCUT2D eigenvalue weighted by atomic mass is 9.64. The molecule has 23 heavy (non-hydrogen) atoms. The van der Waals surface area contributed by atoms with E-state index in [0.717, 1.165) is 19.3 Å². The van der Waals surface area contributed by atoms with Crippen LogP contribution in [0.1, 0.15) is 40.5 Å². The first-order valence-electron chi connectivity index (χ1n) is 8.49. The van der Waals surface area contributed by atoms with Gasteiger partial charge in [-0.1, -0.05) is 48.6 Å². The zero-order chi connectivity index (χ0) is 15.1. The Hall–Kier alpha value is -2.41. The van der Waals surface area contributed by atoms with Crippen molar-refractivity contribution in [2.75, 3.05) is 0 Å². The first-order chi connectivity index (χ1) is 11.3. The van der Waals surface area contributed by atoms with Crippen LogP contribution < -0.4 is 0 Å². The first-order valence-corrected chi connectivity index (χ1v) is 8.49. The molecular formula is C22H16O. The topological polar surface area (TPSA) is 17.1 Å². The van der Waals surface area contributed by atoms with Crippen LogP contribution in [0.2, 0.25) is 0 Å². The lowest BCUT2D eigenvalue weighted by Crippen LogP contribution is -2.31. The van der Waals surface area contributed by atoms with E-state index < -0.39 is 0 Å². The molecule has 6 rings (SSSR count). The lowest BCUT2D eigenvalue weighted by molar-refractivity contribution is -0.120. The minimum Gasteiger partial charge on any atom is -0.298 e. The maximum absolute atomic E-state index is 13.4. The molecule has 1 heteroatoms. The minimum absolute atomic E-state index is 0.0112. The first kappa shape index (κ1) is 12.1. The van der Waals surface area contributed by atoms with E-state index in [1.807, 2.05) is 0 Å². The number of allylic oxidation sites excluding steroid dienone is 6.